The van der Waals surface area contributed by atoms with Gasteiger partial charge in [-0.3, -0.25) is 9.48 Å². The Morgan fingerprint density at radius 3 is 2.81 bits per heavy atom. The van der Waals surface area contributed by atoms with Crippen LogP contribution in [0.25, 0.3) is 10.6 Å². The van der Waals surface area contributed by atoms with Gasteiger partial charge in [0.25, 0.3) is 5.91 Å². The molecule has 1 aromatic carbocycles. The molecule has 8 nitrogen and oxygen atoms in total. The van der Waals surface area contributed by atoms with Gasteiger partial charge in [-0.25, -0.2) is 18.2 Å². The maximum Gasteiger partial charge on any atom is 0.277 e. The summed E-state index contributed by atoms with van der Waals surface area (Å²) in [5.74, 6) is -1.32. The Kier molecular flexibility index (Phi) is 6.07. The third-order valence-electron chi connectivity index (χ3n) is 5.35. The van der Waals surface area contributed by atoms with Crippen LogP contribution in [0.4, 0.5) is 29.7 Å². The number of carbonyl (C=O) groups excluding carboxylic acids is 1. The number of amides is 1. The maximum atomic E-state index is 14.1. The van der Waals surface area contributed by atoms with Crippen molar-refractivity contribution in [2.75, 3.05) is 29.0 Å². The highest BCUT2D eigenvalue weighted by Gasteiger charge is 2.27. The van der Waals surface area contributed by atoms with Crippen molar-refractivity contribution in [2.45, 2.75) is 25.1 Å². The summed E-state index contributed by atoms with van der Waals surface area (Å²) in [6.07, 6.45) is 1.10. The molecule has 5 N–H and O–H groups in total. The summed E-state index contributed by atoms with van der Waals surface area (Å²) in [7, 11) is 1.71. The molecule has 12 heteroatoms. The number of nitrogens with one attached hydrogen (secondary N) is 1. The van der Waals surface area contributed by atoms with Crippen molar-refractivity contribution in [2.24, 2.45) is 12.8 Å². The van der Waals surface area contributed by atoms with Crippen molar-refractivity contribution < 1.29 is 18.0 Å². The smallest absolute Gasteiger partial charge is 0.277 e. The lowest BCUT2D eigenvalue weighted by atomic mass is 10.1. The van der Waals surface area contributed by atoms with Crippen molar-refractivity contribution in [3.8, 4) is 10.6 Å². The number of anilines is 3. The molecule has 2 atom stereocenters. The normalized spacial score (nSPS) is 19.1. The Labute approximate surface area is 186 Å². The standard InChI is InChI=1S/C20H22F3N7OS/c1-29-20(30-6-4-13(23)14(24)5-7-30)15(9-26-29)27-18(31)16-17(25)32-19(28-16)11-8-10(21)2-3-12(11)22/h2-3,8-9,13-14H,4-7,24-25H2,1H3,(H,27,31)/t13-,14+/m1/s1. The van der Waals surface area contributed by atoms with E-state index >= 15 is 0 Å². The Morgan fingerprint density at radius 1 is 1.28 bits per heavy atom. The summed E-state index contributed by atoms with van der Waals surface area (Å²) in [6.45, 7) is 0.922. The van der Waals surface area contributed by atoms with Gasteiger partial charge in [-0.1, -0.05) is 11.3 Å². The van der Waals surface area contributed by atoms with Gasteiger partial charge in [-0.15, -0.1) is 0 Å². The molecule has 1 fully saturated rings. The number of hydrogen-bond acceptors (Lipinski definition) is 7. The molecule has 170 valence electrons. The Morgan fingerprint density at radius 2 is 2.03 bits per heavy atom. The first-order valence-corrected chi connectivity index (χ1v) is 10.8. The molecule has 0 unspecified atom stereocenters. The van der Waals surface area contributed by atoms with Crippen LogP contribution in [0.15, 0.2) is 24.4 Å². The summed E-state index contributed by atoms with van der Waals surface area (Å²) in [4.78, 5) is 18.9. The zero-order valence-electron chi connectivity index (χ0n) is 17.2. The quantitative estimate of drug-likeness (QED) is 0.546. The van der Waals surface area contributed by atoms with Crippen LogP contribution in [0.5, 0.6) is 0 Å². The van der Waals surface area contributed by atoms with Crippen LogP contribution in [0, 0.1) is 11.6 Å². The second-order valence-corrected chi connectivity index (χ2v) is 8.59. The molecule has 1 amide bonds. The molecule has 3 aromatic rings. The lowest BCUT2D eigenvalue weighted by molar-refractivity contribution is 0.102. The van der Waals surface area contributed by atoms with Gasteiger partial charge in [0.2, 0.25) is 0 Å². The van der Waals surface area contributed by atoms with Gasteiger partial charge in [0.1, 0.15) is 33.5 Å². The van der Waals surface area contributed by atoms with Gasteiger partial charge in [-0.05, 0) is 31.0 Å². The number of thiazole rings is 1. The number of rotatable bonds is 4. The number of hydrogen-bond donors (Lipinski definition) is 3. The van der Waals surface area contributed by atoms with E-state index < -0.39 is 29.8 Å². The van der Waals surface area contributed by atoms with Crippen LogP contribution in [0.2, 0.25) is 0 Å². The summed E-state index contributed by atoms with van der Waals surface area (Å²) in [5, 5.41) is 7.08. The van der Waals surface area contributed by atoms with E-state index in [2.05, 4.69) is 15.4 Å². The van der Waals surface area contributed by atoms with E-state index in [1.165, 1.54) is 6.20 Å². The monoisotopic (exact) mass is 465 g/mol. The number of nitrogen functional groups attached to an aromatic ring is 1. The van der Waals surface area contributed by atoms with Crippen LogP contribution >= 0.6 is 11.3 Å². The molecule has 0 spiro atoms. The number of aromatic nitrogens is 3. The van der Waals surface area contributed by atoms with E-state index in [-0.39, 0.29) is 27.7 Å². The van der Waals surface area contributed by atoms with Crippen molar-refractivity contribution in [1.29, 1.82) is 0 Å². The lowest BCUT2D eigenvalue weighted by Gasteiger charge is -2.24. The first kappa shape index (κ1) is 22.1. The molecule has 4 rings (SSSR count). The predicted octanol–water partition coefficient (Wildman–Crippen LogP) is 2.92. The average Bonchev–Trinajstić information content (AvgIpc) is 3.27. The van der Waals surface area contributed by atoms with Crippen LogP contribution in [-0.2, 0) is 7.05 Å². The average molecular weight is 466 g/mol. The van der Waals surface area contributed by atoms with E-state index in [9.17, 15) is 18.0 Å². The number of nitrogens with zero attached hydrogens (tertiary/aromatic N) is 4. The third kappa shape index (κ3) is 4.28. The first-order chi connectivity index (χ1) is 15.2. The molecule has 32 heavy (non-hydrogen) atoms. The number of benzene rings is 1. The molecular formula is C20H22F3N7OS. The Balaban J connectivity index is 1.58. The fourth-order valence-electron chi connectivity index (χ4n) is 3.65. The van der Waals surface area contributed by atoms with Crippen molar-refractivity contribution in [3.05, 3.63) is 41.7 Å². The highest BCUT2D eigenvalue weighted by atomic mass is 32.1. The molecule has 1 saturated heterocycles. The first-order valence-electron chi connectivity index (χ1n) is 9.94. The summed E-state index contributed by atoms with van der Waals surface area (Å²) >= 11 is 0.882. The molecule has 0 radical (unpaired) electrons. The molecule has 0 bridgehead atoms. The van der Waals surface area contributed by atoms with Gasteiger partial charge >= 0.3 is 0 Å². The van der Waals surface area contributed by atoms with E-state index in [0.29, 0.717) is 31.0 Å². The molecule has 3 heterocycles. The van der Waals surface area contributed by atoms with Gasteiger partial charge in [-0.2, -0.15) is 5.10 Å². The van der Waals surface area contributed by atoms with Crippen molar-refractivity contribution in [1.82, 2.24) is 14.8 Å². The summed E-state index contributed by atoms with van der Waals surface area (Å²) < 4.78 is 43.2. The topological polar surface area (TPSA) is 115 Å². The molecular weight excluding hydrogens is 443 g/mol. The minimum Gasteiger partial charge on any atom is -0.389 e. The molecule has 0 saturated carbocycles. The molecule has 2 aromatic heterocycles. The van der Waals surface area contributed by atoms with Gasteiger partial charge < -0.3 is 21.7 Å². The Hall–Kier alpha value is -3.12. The van der Waals surface area contributed by atoms with Crippen LogP contribution in [0.3, 0.4) is 0 Å². The fourth-order valence-corrected chi connectivity index (χ4v) is 4.50. The van der Waals surface area contributed by atoms with Gasteiger partial charge in [0.15, 0.2) is 11.5 Å². The summed E-state index contributed by atoms with van der Waals surface area (Å²) in [5.41, 5.74) is 12.0. The number of nitrogens with two attached hydrogens (primary N) is 2. The third-order valence-corrected chi connectivity index (χ3v) is 6.27. The molecule has 1 aliphatic rings. The van der Waals surface area contributed by atoms with Gasteiger partial charge in [0, 0.05) is 31.7 Å². The van der Waals surface area contributed by atoms with Crippen molar-refractivity contribution >= 4 is 33.8 Å². The fraction of sp³-hybridized carbons (Fsp3) is 0.350. The molecule has 1 aliphatic heterocycles. The SMILES string of the molecule is Cn1ncc(NC(=O)c2nc(-c3cc(F)ccc3F)sc2N)c1N1CC[C@@H](F)[C@@H](N)CC1. The zero-order valence-corrected chi connectivity index (χ0v) is 18.0. The largest absolute Gasteiger partial charge is 0.389 e. The Bertz CT molecular complexity index is 1140. The number of carbonyl (C=O) groups is 1. The minimum atomic E-state index is -1.09. The lowest BCUT2D eigenvalue weighted by Crippen LogP contribution is -2.31. The van der Waals surface area contributed by atoms with Crippen LogP contribution in [0.1, 0.15) is 23.3 Å². The van der Waals surface area contributed by atoms with E-state index in [4.69, 9.17) is 11.5 Å². The predicted molar refractivity (Wildman–Crippen MR) is 117 cm³/mol. The highest BCUT2D eigenvalue weighted by Crippen LogP contribution is 2.33. The van der Waals surface area contributed by atoms with E-state index in [1.807, 2.05) is 4.90 Å². The number of alkyl halides is 1. The highest BCUT2D eigenvalue weighted by molar-refractivity contribution is 7.19. The minimum absolute atomic E-state index is 0.0626. The zero-order chi connectivity index (χ0) is 23.0. The second kappa shape index (κ2) is 8.79. The second-order valence-electron chi connectivity index (χ2n) is 7.56. The van der Waals surface area contributed by atoms with E-state index in [1.54, 1.807) is 11.7 Å². The summed E-state index contributed by atoms with van der Waals surface area (Å²) in [6, 6.07) is 2.44. The number of halogens is 3. The maximum absolute atomic E-state index is 14.1. The number of aryl methyl sites for hydroxylation is 1. The van der Waals surface area contributed by atoms with Crippen LogP contribution in [-0.4, -0.2) is 46.0 Å². The van der Waals surface area contributed by atoms with Gasteiger partial charge in [0.05, 0.1) is 6.20 Å². The van der Waals surface area contributed by atoms with Crippen molar-refractivity contribution in [3.63, 3.8) is 0 Å². The molecule has 0 aliphatic carbocycles. The van der Waals surface area contributed by atoms with Crippen LogP contribution < -0.4 is 21.7 Å². The van der Waals surface area contributed by atoms with E-state index in [0.717, 1.165) is 29.5 Å².